The van der Waals surface area contributed by atoms with Crippen LogP contribution in [-0.2, 0) is 15.3 Å². The fourth-order valence-corrected chi connectivity index (χ4v) is 3.69. The number of ether oxygens (including phenoxy) is 2. The predicted octanol–water partition coefficient (Wildman–Crippen LogP) is 3.94. The molecule has 1 saturated heterocycles. The van der Waals surface area contributed by atoms with Gasteiger partial charge in [0.05, 0.1) is 0 Å². The van der Waals surface area contributed by atoms with Crippen LogP contribution in [0.1, 0.15) is 37.7 Å². The molecule has 1 aliphatic carbocycles. The van der Waals surface area contributed by atoms with Crippen LogP contribution in [0.5, 0.6) is 0 Å². The maximum absolute atomic E-state index is 6.11. The van der Waals surface area contributed by atoms with Crippen LogP contribution in [0.3, 0.4) is 0 Å². The fraction of sp³-hybridized carbons (Fsp3) is 0.600. The summed E-state index contributed by atoms with van der Waals surface area (Å²) in [5, 5.41) is 0. The van der Waals surface area contributed by atoms with Crippen LogP contribution in [0.4, 0.5) is 0 Å². The number of thioether (sulfide) groups is 1. The fourth-order valence-electron chi connectivity index (χ4n) is 3.28. The van der Waals surface area contributed by atoms with E-state index in [9.17, 15) is 0 Å². The third-order valence-electron chi connectivity index (χ3n) is 4.32. The van der Waals surface area contributed by atoms with E-state index in [1.54, 1.807) is 18.9 Å². The van der Waals surface area contributed by atoms with Crippen molar-refractivity contribution in [2.45, 2.75) is 48.4 Å². The minimum absolute atomic E-state index is 0.0408. The van der Waals surface area contributed by atoms with E-state index in [1.165, 1.54) is 29.7 Å². The molecule has 1 aromatic rings. The summed E-state index contributed by atoms with van der Waals surface area (Å²) in [6.45, 7) is 0. The van der Waals surface area contributed by atoms with Gasteiger partial charge in [-0.1, -0.05) is 31.4 Å². The Balaban J connectivity index is 1.88. The molecule has 0 amide bonds. The Morgan fingerprint density at radius 1 is 1.11 bits per heavy atom. The second kappa shape index (κ2) is 4.55. The second-order valence-corrected chi connectivity index (χ2v) is 6.09. The SMILES string of the molecule is COC1(c2ccc(SC)cc2)OC12CCCCC2. The smallest absolute Gasteiger partial charge is 0.225 e. The number of hydrogen-bond donors (Lipinski definition) is 0. The van der Waals surface area contributed by atoms with Gasteiger partial charge in [0.1, 0.15) is 5.60 Å². The zero-order valence-corrected chi connectivity index (χ0v) is 11.9. The van der Waals surface area contributed by atoms with Crippen molar-refractivity contribution in [3.05, 3.63) is 29.8 Å². The molecule has 1 saturated carbocycles. The summed E-state index contributed by atoms with van der Waals surface area (Å²) in [6.07, 6.45) is 8.20. The van der Waals surface area contributed by atoms with E-state index in [1.807, 2.05) is 0 Å². The van der Waals surface area contributed by atoms with E-state index in [4.69, 9.17) is 9.47 Å². The molecule has 1 spiro atoms. The van der Waals surface area contributed by atoms with Gasteiger partial charge >= 0.3 is 0 Å². The predicted molar refractivity (Wildman–Crippen MR) is 73.8 cm³/mol. The Morgan fingerprint density at radius 3 is 2.33 bits per heavy atom. The summed E-state index contributed by atoms with van der Waals surface area (Å²) < 4.78 is 11.9. The van der Waals surface area contributed by atoms with Crippen LogP contribution in [0, 0.1) is 0 Å². The van der Waals surface area contributed by atoms with Gasteiger partial charge in [0.15, 0.2) is 0 Å². The zero-order valence-electron chi connectivity index (χ0n) is 11.1. The molecule has 2 aliphatic rings. The molecule has 0 aromatic heterocycles. The summed E-state index contributed by atoms with van der Waals surface area (Å²) >= 11 is 1.76. The second-order valence-electron chi connectivity index (χ2n) is 5.21. The van der Waals surface area contributed by atoms with Crippen LogP contribution >= 0.6 is 11.8 Å². The number of rotatable bonds is 3. The monoisotopic (exact) mass is 264 g/mol. The van der Waals surface area contributed by atoms with Crippen molar-refractivity contribution in [3.63, 3.8) is 0 Å². The Hall–Kier alpha value is -0.510. The van der Waals surface area contributed by atoms with Crippen LogP contribution < -0.4 is 0 Å². The third-order valence-corrected chi connectivity index (χ3v) is 5.06. The summed E-state index contributed by atoms with van der Waals surface area (Å²) in [6, 6.07) is 8.61. The zero-order chi connectivity index (χ0) is 12.6. The van der Waals surface area contributed by atoms with Gasteiger partial charge in [0.2, 0.25) is 5.79 Å². The van der Waals surface area contributed by atoms with Gasteiger partial charge in [0, 0.05) is 17.6 Å². The van der Waals surface area contributed by atoms with Crippen LogP contribution in [0.25, 0.3) is 0 Å². The first kappa shape index (κ1) is 12.5. The highest BCUT2D eigenvalue weighted by Gasteiger charge is 2.71. The van der Waals surface area contributed by atoms with Crippen molar-refractivity contribution in [1.82, 2.24) is 0 Å². The Bertz CT molecular complexity index is 423. The van der Waals surface area contributed by atoms with E-state index in [-0.39, 0.29) is 5.60 Å². The third kappa shape index (κ3) is 1.72. The van der Waals surface area contributed by atoms with Gasteiger partial charge in [-0.2, -0.15) is 0 Å². The molecule has 2 nitrogen and oxygen atoms in total. The summed E-state index contributed by atoms with van der Waals surface area (Å²) in [7, 11) is 1.77. The van der Waals surface area contributed by atoms with E-state index >= 15 is 0 Å². The van der Waals surface area contributed by atoms with Crippen molar-refractivity contribution < 1.29 is 9.47 Å². The summed E-state index contributed by atoms with van der Waals surface area (Å²) in [4.78, 5) is 1.28. The Labute approximate surface area is 113 Å². The highest BCUT2D eigenvalue weighted by Crippen LogP contribution is 2.62. The molecule has 3 rings (SSSR count). The van der Waals surface area contributed by atoms with E-state index in [0.29, 0.717) is 0 Å². The van der Waals surface area contributed by atoms with Gasteiger partial charge in [0.25, 0.3) is 0 Å². The van der Waals surface area contributed by atoms with E-state index in [0.717, 1.165) is 12.8 Å². The van der Waals surface area contributed by atoms with Gasteiger partial charge in [-0.25, -0.2) is 0 Å². The average molecular weight is 264 g/mol. The molecule has 0 N–H and O–H groups in total. The first-order chi connectivity index (χ1) is 8.76. The average Bonchev–Trinajstić information content (AvgIpc) is 3.08. The highest BCUT2D eigenvalue weighted by molar-refractivity contribution is 7.98. The largest absolute Gasteiger partial charge is 0.347 e. The lowest BCUT2D eigenvalue weighted by molar-refractivity contribution is -0.0154. The molecular formula is C15H20O2S. The van der Waals surface area contributed by atoms with Crippen LogP contribution in [0.15, 0.2) is 29.2 Å². The highest BCUT2D eigenvalue weighted by atomic mass is 32.2. The maximum Gasteiger partial charge on any atom is 0.225 e. The first-order valence-corrected chi connectivity index (χ1v) is 7.89. The minimum atomic E-state index is -0.468. The normalized spacial score (nSPS) is 29.4. The topological polar surface area (TPSA) is 21.8 Å². The molecule has 0 bridgehead atoms. The molecule has 1 unspecified atom stereocenters. The molecule has 1 atom stereocenters. The molecule has 3 heteroatoms. The quantitative estimate of drug-likeness (QED) is 0.609. The lowest BCUT2D eigenvalue weighted by Gasteiger charge is -2.23. The maximum atomic E-state index is 6.11. The van der Waals surface area contributed by atoms with E-state index in [2.05, 4.69) is 30.5 Å². The van der Waals surface area contributed by atoms with Crippen molar-refractivity contribution in [3.8, 4) is 0 Å². The lowest BCUT2D eigenvalue weighted by Crippen LogP contribution is -2.28. The number of epoxide rings is 1. The molecule has 1 aromatic carbocycles. The Morgan fingerprint density at radius 2 is 1.78 bits per heavy atom. The van der Waals surface area contributed by atoms with Crippen molar-refractivity contribution >= 4 is 11.8 Å². The standard InChI is InChI=1S/C15H20O2S/c1-16-15(12-6-8-13(18-2)9-7-12)14(17-15)10-4-3-5-11-14/h6-9H,3-5,10-11H2,1-2H3. The molecule has 98 valence electrons. The molecule has 0 radical (unpaired) electrons. The number of hydrogen-bond acceptors (Lipinski definition) is 3. The number of benzene rings is 1. The van der Waals surface area contributed by atoms with Crippen molar-refractivity contribution in [1.29, 1.82) is 0 Å². The molecule has 18 heavy (non-hydrogen) atoms. The molecule has 2 fully saturated rings. The molecule has 1 heterocycles. The Kier molecular flexibility index (Phi) is 3.16. The van der Waals surface area contributed by atoms with Crippen molar-refractivity contribution in [2.75, 3.05) is 13.4 Å². The van der Waals surface area contributed by atoms with Crippen molar-refractivity contribution in [2.24, 2.45) is 0 Å². The van der Waals surface area contributed by atoms with Crippen LogP contribution in [0.2, 0.25) is 0 Å². The van der Waals surface area contributed by atoms with Gasteiger partial charge < -0.3 is 9.47 Å². The van der Waals surface area contributed by atoms with Gasteiger partial charge in [-0.3, -0.25) is 0 Å². The summed E-state index contributed by atoms with van der Waals surface area (Å²) in [5.41, 5.74) is 1.13. The summed E-state index contributed by atoms with van der Waals surface area (Å²) in [5.74, 6) is -0.468. The van der Waals surface area contributed by atoms with Gasteiger partial charge in [-0.05, 0) is 31.2 Å². The van der Waals surface area contributed by atoms with Crippen LogP contribution in [-0.4, -0.2) is 19.0 Å². The van der Waals surface area contributed by atoms with Gasteiger partial charge in [-0.15, -0.1) is 11.8 Å². The lowest BCUT2D eigenvalue weighted by atomic mass is 9.82. The minimum Gasteiger partial charge on any atom is -0.347 e. The van der Waals surface area contributed by atoms with E-state index < -0.39 is 5.79 Å². The molecule has 1 aliphatic heterocycles. The molecular weight excluding hydrogens is 244 g/mol. The number of methoxy groups -OCH3 is 1. The first-order valence-electron chi connectivity index (χ1n) is 6.66.